The Morgan fingerprint density at radius 1 is 0.840 bits per heavy atom. The Hall–Kier alpha value is -9.74. The van der Waals surface area contributed by atoms with Crippen LogP contribution in [0.25, 0.3) is 0 Å². The van der Waals surface area contributed by atoms with Crippen LogP contribution in [0.2, 0.25) is 0 Å². The van der Waals surface area contributed by atoms with Gasteiger partial charge in [0.25, 0.3) is 23.5 Å². The molecule has 1 fully saturated rings. The first-order chi connectivity index (χ1) is 47.3. The Kier molecular flexibility index (Phi) is 24.7. The summed E-state index contributed by atoms with van der Waals surface area (Å²) in [6.07, 6.45) is 7.09. The van der Waals surface area contributed by atoms with E-state index in [4.69, 9.17) is 34.4 Å². The number of urea groups is 1. The number of nitrogens with two attached hydrogens (primary N) is 1. The third-order valence-electron chi connectivity index (χ3n) is 19.1. The number of phenolic OH excluding ortho intramolecular Hbond substituents is 1. The quantitative estimate of drug-likeness (QED) is 0.0483. The van der Waals surface area contributed by atoms with Gasteiger partial charge in [-0.3, -0.25) is 53.0 Å². The fourth-order valence-electron chi connectivity index (χ4n) is 13.1. The molecular weight excluding hydrogens is 1300 g/mol. The third kappa shape index (κ3) is 17.3. The number of benzene rings is 2. The molecule has 5 aliphatic heterocycles. The molecular formula is C71H92N10O19. The van der Waals surface area contributed by atoms with Gasteiger partial charge in [-0.1, -0.05) is 78.3 Å². The number of anilines is 1. The average molecular weight is 1390 g/mol. The Labute approximate surface area is 579 Å². The zero-order chi connectivity index (χ0) is 73.2. The molecule has 1 spiro atoms. The molecule has 540 valence electrons. The summed E-state index contributed by atoms with van der Waals surface area (Å²) in [6.45, 7) is 16.1. The van der Waals surface area contributed by atoms with Crippen LogP contribution in [-0.2, 0) is 59.1 Å². The van der Waals surface area contributed by atoms with E-state index in [1.54, 1.807) is 78.0 Å². The predicted molar refractivity (Wildman–Crippen MR) is 362 cm³/mol. The van der Waals surface area contributed by atoms with Gasteiger partial charge in [0.1, 0.15) is 47.7 Å². The molecule has 100 heavy (non-hydrogen) atoms. The Balaban J connectivity index is 0.963. The third-order valence-corrected chi connectivity index (χ3v) is 19.1. The second kappa shape index (κ2) is 32.5. The number of aliphatic hydroxyl groups excluding tert-OH is 2. The van der Waals surface area contributed by atoms with E-state index < -0.39 is 131 Å². The van der Waals surface area contributed by atoms with Crippen molar-refractivity contribution in [3.8, 4) is 11.5 Å². The number of aliphatic hydroxyl groups is 2. The number of aromatic hydroxyl groups is 1. The molecule has 29 nitrogen and oxygen atoms in total. The van der Waals surface area contributed by atoms with Crippen LogP contribution in [-0.4, -0.2) is 177 Å². The standard InChI is InChI=1S/C71H92N10O19/c1-36(2)54(76-48(83)20-13-12-14-31-81-49(84)25-26-50(81)85)67(93)75-46(19-16-30-73-68(72)94)66(92)74-45-23-21-44(22-24-45)35-97-69(95)80-32-28-71(29-33-80)78-55-51-52-60(88)42(8)63-53(51)64(90)70(10,100-63)98-34-27-47(96-11)39(5)62(99-43(9)82)41(7)59(87)40(6)58(86)37(3)17-15-18-38(4)65(91)77-57(61(52)89)56(55)79-71/h15,17-18,21-27,34,36-37,39-41,46-47,54,58-59,62,79,86-88H,12-14,16,19-20,28-33,35H2,1-11H3,(H,74,92)(H,75,93)(H,76,83)(H,77,91)(H3,72,73,94)/b17-15+,34-27+,38-18-/t37-,39+,40+,41+,46-,47-,54-,58-,59+,62+,70-/m0/s1. The molecule has 6 aliphatic rings. The summed E-state index contributed by atoms with van der Waals surface area (Å²) in [6, 6.07) is 3.50. The van der Waals surface area contributed by atoms with Crippen molar-refractivity contribution >= 4 is 76.5 Å². The fourth-order valence-corrected chi connectivity index (χ4v) is 13.1. The van der Waals surface area contributed by atoms with Crippen LogP contribution in [0.5, 0.6) is 11.5 Å². The fraction of sp³-hybridized carbons (Fsp3) is 0.521. The summed E-state index contributed by atoms with van der Waals surface area (Å²) in [5, 5.41) is 52.1. The molecule has 9 amide bonds. The Bertz CT molecular complexity index is 3720. The van der Waals surface area contributed by atoms with E-state index in [-0.39, 0.29) is 133 Å². The molecule has 0 aromatic heterocycles. The van der Waals surface area contributed by atoms with Gasteiger partial charge in [0.2, 0.25) is 23.5 Å². The molecule has 1 saturated heterocycles. The summed E-state index contributed by atoms with van der Waals surface area (Å²) in [5.74, 6) is -11.2. The van der Waals surface area contributed by atoms with Gasteiger partial charge < -0.3 is 81.5 Å². The molecule has 5 bridgehead atoms. The number of carbonyl (C=O) groups is 11. The van der Waals surface area contributed by atoms with E-state index >= 15 is 9.59 Å². The topological polar surface area (TPSA) is 412 Å². The van der Waals surface area contributed by atoms with Crippen LogP contribution < -0.4 is 42.4 Å². The molecule has 2 aromatic rings. The highest BCUT2D eigenvalue weighted by Gasteiger charge is 2.55. The number of Topliss-reactive ketones (excluding diaryl/α,β-unsaturated/α-hetero) is 2. The van der Waals surface area contributed by atoms with Crippen LogP contribution >= 0.6 is 0 Å². The number of unbranched alkanes of at least 4 members (excludes halogenated alkanes) is 2. The van der Waals surface area contributed by atoms with E-state index in [0.717, 1.165) is 4.90 Å². The number of hydrogen-bond acceptors (Lipinski definition) is 21. The number of imide groups is 1. The van der Waals surface area contributed by atoms with Crippen LogP contribution in [0.1, 0.15) is 151 Å². The maximum Gasteiger partial charge on any atom is 0.410 e. The van der Waals surface area contributed by atoms with Gasteiger partial charge in [0.15, 0.2) is 0 Å². The predicted octanol–water partition coefficient (Wildman–Crippen LogP) is 4.79. The SMILES string of the molecule is CO[C@H]1/C=C/O[C@@]2(C)Oc3c(C)c(O)c4c(c3C2=O)C2=NC3(CCN(C(=O)OCc5ccc(NC(=O)[C@H](CCCNC(N)=O)NC(=O)[C@@H](NC(=O)CCCCCN6C(=O)C=CC6=O)C(C)C)cc5)CC3)NC2=C(NC(=O)/C(C)=C\C=C\[C@H](C)[C@H](O)[C@@H](C)[C@@H](O)[C@@H](C)[C@H](OC(C)=O)[C@@H]1C)C4=O. The highest BCUT2D eigenvalue weighted by atomic mass is 16.7. The summed E-state index contributed by atoms with van der Waals surface area (Å²) in [7, 11) is 1.42. The highest BCUT2D eigenvalue weighted by Crippen LogP contribution is 2.50. The number of methoxy groups -OCH3 is 1. The molecule has 11 atom stereocenters. The van der Waals surface area contributed by atoms with Gasteiger partial charge in [-0.2, -0.15) is 0 Å². The van der Waals surface area contributed by atoms with Gasteiger partial charge in [-0.25, -0.2) is 9.59 Å². The second-order valence-electron chi connectivity index (χ2n) is 26.8. The van der Waals surface area contributed by atoms with Crippen LogP contribution in [0.3, 0.4) is 0 Å². The van der Waals surface area contributed by atoms with Gasteiger partial charge in [0, 0.05) is 125 Å². The summed E-state index contributed by atoms with van der Waals surface area (Å²) in [4.78, 5) is 154. The second-order valence-corrected chi connectivity index (χ2v) is 26.8. The molecule has 1 aliphatic carbocycles. The first-order valence-corrected chi connectivity index (χ1v) is 33.7. The van der Waals surface area contributed by atoms with Gasteiger partial charge in [-0.15, -0.1) is 0 Å². The number of rotatable bonds is 20. The number of fused-ring (bicyclic) bond motifs is 3. The number of hydrogen-bond donors (Lipinski definition) is 10. The van der Waals surface area contributed by atoms with Gasteiger partial charge >= 0.3 is 23.9 Å². The molecule has 11 N–H and O–H groups in total. The Morgan fingerprint density at radius 3 is 2.16 bits per heavy atom. The number of piperidine rings is 1. The van der Waals surface area contributed by atoms with Crippen molar-refractivity contribution in [1.29, 1.82) is 0 Å². The Morgan fingerprint density at radius 2 is 1.52 bits per heavy atom. The average Bonchev–Trinajstić information content (AvgIpc) is 1.52. The number of primary amides is 1. The van der Waals surface area contributed by atoms with Crippen LogP contribution in [0, 0.1) is 36.5 Å². The van der Waals surface area contributed by atoms with Crippen molar-refractivity contribution < 1.29 is 91.7 Å². The van der Waals surface area contributed by atoms with Crippen molar-refractivity contribution in [1.82, 2.24) is 36.4 Å². The minimum Gasteiger partial charge on any atom is -0.507 e. The van der Waals surface area contributed by atoms with Crippen molar-refractivity contribution in [2.45, 2.75) is 175 Å². The lowest BCUT2D eigenvalue weighted by Gasteiger charge is -2.38. The number of allylic oxidation sites excluding steroid dienone is 4. The maximum atomic E-state index is 15.1. The normalized spacial score (nSPS) is 26.0. The number of amides is 9. The molecule has 0 saturated carbocycles. The molecule has 8 rings (SSSR count). The number of aliphatic imine (C=N–C) groups is 1. The van der Waals surface area contributed by atoms with Gasteiger partial charge in [0.05, 0.1) is 47.1 Å². The van der Waals surface area contributed by atoms with Crippen molar-refractivity contribution in [2.75, 3.05) is 38.6 Å². The smallest absolute Gasteiger partial charge is 0.410 e. The maximum absolute atomic E-state index is 15.1. The number of ketones is 2. The van der Waals surface area contributed by atoms with E-state index in [9.17, 15) is 58.5 Å². The van der Waals surface area contributed by atoms with E-state index in [2.05, 4.69) is 31.9 Å². The monoisotopic (exact) mass is 1390 g/mol. The molecule has 0 radical (unpaired) electrons. The zero-order valence-corrected chi connectivity index (χ0v) is 58.2. The largest absolute Gasteiger partial charge is 0.507 e. The van der Waals surface area contributed by atoms with Crippen LogP contribution in [0.15, 0.2) is 88.9 Å². The lowest BCUT2D eigenvalue weighted by molar-refractivity contribution is -0.160. The zero-order valence-electron chi connectivity index (χ0n) is 58.2. The van der Waals surface area contributed by atoms with E-state index in [0.29, 0.717) is 30.5 Å². The van der Waals surface area contributed by atoms with Crippen molar-refractivity contribution in [3.63, 3.8) is 0 Å². The van der Waals surface area contributed by atoms with E-state index in [1.807, 2.05) is 0 Å². The number of nitrogens with one attached hydrogen (secondary N) is 6. The summed E-state index contributed by atoms with van der Waals surface area (Å²) >= 11 is 0. The molecule has 2 aromatic carbocycles. The molecule has 29 heteroatoms. The van der Waals surface area contributed by atoms with E-state index in [1.165, 1.54) is 70.3 Å². The summed E-state index contributed by atoms with van der Waals surface area (Å²) in [5.41, 5.74) is 4.28. The van der Waals surface area contributed by atoms with Gasteiger partial charge in [-0.05, 0) is 69.2 Å². The lowest BCUT2D eigenvalue weighted by Crippen LogP contribution is -2.54. The van der Waals surface area contributed by atoms with Crippen molar-refractivity contribution in [2.24, 2.45) is 40.3 Å². The first kappa shape index (κ1) is 76.0. The number of nitrogens with zero attached hydrogens (tertiary/aromatic N) is 3. The number of esters is 1. The van der Waals surface area contributed by atoms with Crippen LogP contribution in [0.4, 0.5) is 15.3 Å². The first-order valence-electron chi connectivity index (χ1n) is 33.7. The highest BCUT2D eigenvalue weighted by molar-refractivity contribution is 6.34. The lowest BCUT2D eigenvalue weighted by atomic mass is 9.78. The molecule has 5 heterocycles. The number of carbonyl (C=O) groups excluding carboxylic acids is 11. The number of ether oxygens (including phenoxy) is 5. The number of phenols is 1. The molecule has 0 unspecified atom stereocenters. The minimum absolute atomic E-state index is 0.0147. The van der Waals surface area contributed by atoms with Crippen molar-refractivity contribution in [3.05, 3.63) is 112 Å². The summed E-state index contributed by atoms with van der Waals surface area (Å²) < 4.78 is 29.9. The minimum atomic E-state index is -2.11. The number of likely N-dealkylation sites (tertiary alicyclic amines) is 1.